The van der Waals surface area contributed by atoms with Crippen LogP contribution in [0.3, 0.4) is 0 Å². The van der Waals surface area contributed by atoms with Crippen LogP contribution >= 0.6 is 11.3 Å². The minimum Gasteiger partial charge on any atom is -0.352 e. The number of aromatic nitrogens is 3. The number of aryl methyl sites for hydroxylation is 1. The topological polar surface area (TPSA) is 131 Å². The van der Waals surface area contributed by atoms with Crippen LogP contribution in [0, 0.1) is 18.7 Å². The highest BCUT2D eigenvalue weighted by atomic mass is 32.2. The van der Waals surface area contributed by atoms with Gasteiger partial charge in [0.1, 0.15) is 10.8 Å². The normalized spacial score (nSPS) is 14.8. The Morgan fingerprint density at radius 2 is 1.97 bits per heavy atom. The summed E-state index contributed by atoms with van der Waals surface area (Å²) in [7, 11) is -3.97. The number of thiazole rings is 1. The van der Waals surface area contributed by atoms with E-state index in [4.69, 9.17) is 0 Å². The molecule has 1 atom stereocenters. The molecule has 1 aromatic carbocycles. The maximum atomic E-state index is 14.9. The van der Waals surface area contributed by atoms with Gasteiger partial charge in [-0.05, 0) is 43.9 Å². The Bertz CT molecular complexity index is 1390. The molecule has 35 heavy (non-hydrogen) atoms. The van der Waals surface area contributed by atoms with E-state index in [9.17, 15) is 22.4 Å². The molecule has 2 aromatic heterocycles. The van der Waals surface area contributed by atoms with E-state index in [1.165, 1.54) is 18.3 Å². The molecule has 1 unspecified atom stereocenters. The van der Waals surface area contributed by atoms with Crippen LogP contribution in [0.15, 0.2) is 24.4 Å². The number of fused-ring (bicyclic) bond motifs is 1. The lowest BCUT2D eigenvalue weighted by molar-refractivity contribution is -0.126. The molecule has 12 heteroatoms. The molecule has 0 radical (unpaired) electrons. The summed E-state index contributed by atoms with van der Waals surface area (Å²) in [6.45, 7) is 4.88. The standard InChI is InChI=1S/C23H26FN5O4S2/c1-12(2)11-35(32,33)21(22(31)25-10-20(30)27-15-4-5-15)23-28-18-7-16(17(24)8-19(18)34-23)14-6-13(3)29-26-9-14/h6-9,12,15,21H,4-5,10-11H2,1-3H3,(H,25,31)(H,27,30). The van der Waals surface area contributed by atoms with E-state index >= 15 is 0 Å². The molecule has 0 aliphatic heterocycles. The van der Waals surface area contributed by atoms with Gasteiger partial charge in [-0.25, -0.2) is 17.8 Å². The molecule has 0 bridgehead atoms. The monoisotopic (exact) mass is 519 g/mol. The number of sulfone groups is 1. The van der Waals surface area contributed by atoms with E-state index in [1.54, 1.807) is 26.8 Å². The van der Waals surface area contributed by atoms with Gasteiger partial charge in [-0.1, -0.05) is 13.8 Å². The molecular formula is C23H26FN5O4S2. The molecule has 9 nitrogen and oxygen atoms in total. The first-order valence-electron chi connectivity index (χ1n) is 11.2. The number of carbonyl (C=O) groups is 2. The quantitative estimate of drug-likeness (QED) is 0.444. The number of halogens is 1. The van der Waals surface area contributed by atoms with Crippen molar-refractivity contribution >= 4 is 43.2 Å². The van der Waals surface area contributed by atoms with Crippen molar-refractivity contribution in [1.29, 1.82) is 0 Å². The van der Waals surface area contributed by atoms with Crippen LogP contribution in [0.2, 0.25) is 0 Å². The Labute approximate surface area is 206 Å². The first kappa shape index (κ1) is 25.1. The Morgan fingerprint density at radius 1 is 1.23 bits per heavy atom. The van der Waals surface area contributed by atoms with Gasteiger partial charge in [0.2, 0.25) is 11.8 Å². The van der Waals surface area contributed by atoms with Crippen LogP contribution in [0.5, 0.6) is 0 Å². The molecule has 0 spiro atoms. The van der Waals surface area contributed by atoms with Crippen LogP contribution in [0.25, 0.3) is 21.3 Å². The predicted molar refractivity (Wildman–Crippen MR) is 131 cm³/mol. The zero-order valence-corrected chi connectivity index (χ0v) is 21.2. The summed E-state index contributed by atoms with van der Waals surface area (Å²) in [6, 6.07) is 4.58. The largest absolute Gasteiger partial charge is 0.352 e. The molecule has 1 aliphatic carbocycles. The van der Waals surface area contributed by atoms with Crippen molar-refractivity contribution in [2.45, 2.75) is 44.9 Å². The maximum absolute atomic E-state index is 14.9. The van der Waals surface area contributed by atoms with E-state index in [1.807, 2.05) is 0 Å². The third-order valence-electron chi connectivity index (χ3n) is 5.33. The average Bonchev–Trinajstić information content (AvgIpc) is 3.48. The fourth-order valence-corrected chi connectivity index (χ4v) is 7.11. The van der Waals surface area contributed by atoms with Gasteiger partial charge in [0.05, 0.1) is 34.4 Å². The molecule has 2 amide bonds. The number of rotatable bonds is 9. The zero-order valence-electron chi connectivity index (χ0n) is 19.5. The molecule has 1 saturated carbocycles. The van der Waals surface area contributed by atoms with Crippen molar-refractivity contribution in [3.63, 3.8) is 0 Å². The lowest BCUT2D eigenvalue weighted by atomic mass is 10.1. The highest BCUT2D eigenvalue weighted by Gasteiger charge is 2.37. The Hall–Kier alpha value is -2.99. The van der Waals surface area contributed by atoms with Crippen LogP contribution < -0.4 is 10.6 Å². The fourth-order valence-electron chi connectivity index (χ4n) is 3.68. The molecule has 1 fully saturated rings. The average molecular weight is 520 g/mol. The number of carbonyl (C=O) groups excluding carboxylic acids is 2. The van der Waals surface area contributed by atoms with Crippen LogP contribution in [-0.2, 0) is 19.4 Å². The summed E-state index contributed by atoms with van der Waals surface area (Å²) in [4.78, 5) is 29.5. The summed E-state index contributed by atoms with van der Waals surface area (Å²) in [5.74, 6) is -2.20. The SMILES string of the molecule is Cc1cc(-c2cc3nc(C(C(=O)NCC(=O)NC4CC4)S(=O)(=O)CC(C)C)sc3cc2F)cnn1. The van der Waals surface area contributed by atoms with Crippen molar-refractivity contribution in [1.82, 2.24) is 25.8 Å². The predicted octanol–water partition coefficient (Wildman–Crippen LogP) is 2.71. The van der Waals surface area contributed by atoms with Crippen molar-refractivity contribution < 1.29 is 22.4 Å². The zero-order chi connectivity index (χ0) is 25.3. The van der Waals surface area contributed by atoms with Gasteiger partial charge >= 0.3 is 0 Å². The number of benzene rings is 1. The van der Waals surface area contributed by atoms with Crippen molar-refractivity contribution in [2.75, 3.05) is 12.3 Å². The summed E-state index contributed by atoms with van der Waals surface area (Å²) in [5.41, 5.74) is 1.73. The maximum Gasteiger partial charge on any atom is 0.245 e. The van der Waals surface area contributed by atoms with E-state index < -0.39 is 26.8 Å². The van der Waals surface area contributed by atoms with Gasteiger partial charge in [-0.3, -0.25) is 9.59 Å². The summed E-state index contributed by atoms with van der Waals surface area (Å²) in [5, 5.41) is 11.3. The molecule has 3 aromatic rings. The third kappa shape index (κ3) is 5.99. The first-order valence-corrected chi connectivity index (χ1v) is 13.7. The van der Waals surface area contributed by atoms with E-state index in [0.29, 0.717) is 21.5 Å². The van der Waals surface area contributed by atoms with Gasteiger partial charge in [0.15, 0.2) is 15.1 Å². The van der Waals surface area contributed by atoms with Crippen LogP contribution in [0.4, 0.5) is 4.39 Å². The lowest BCUT2D eigenvalue weighted by Crippen LogP contribution is -2.42. The number of hydrogen-bond acceptors (Lipinski definition) is 8. The number of hydrogen-bond donors (Lipinski definition) is 2. The molecule has 0 saturated heterocycles. The smallest absolute Gasteiger partial charge is 0.245 e. The Kier molecular flexibility index (Phi) is 7.13. The van der Waals surface area contributed by atoms with Crippen molar-refractivity contribution in [2.24, 2.45) is 5.92 Å². The molecule has 186 valence electrons. The number of nitrogens with one attached hydrogen (secondary N) is 2. The molecule has 2 heterocycles. The minimum atomic E-state index is -3.97. The summed E-state index contributed by atoms with van der Waals surface area (Å²) in [6.07, 6.45) is 3.22. The van der Waals surface area contributed by atoms with E-state index in [-0.39, 0.29) is 40.7 Å². The van der Waals surface area contributed by atoms with Gasteiger partial charge < -0.3 is 10.6 Å². The molecular weight excluding hydrogens is 493 g/mol. The van der Waals surface area contributed by atoms with Crippen LogP contribution in [-0.4, -0.2) is 53.8 Å². The Balaban J connectivity index is 1.68. The second kappa shape index (κ2) is 9.94. The number of nitrogens with zero attached hydrogens (tertiary/aromatic N) is 3. The highest BCUT2D eigenvalue weighted by Crippen LogP contribution is 2.35. The molecule has 1 aliphatic rings. The lowest BCUT2D eigenvalue weighted by Gasteiger charge is -2.16. The van der Waals surface area contributed by atoms with Crippen molar-refractivity contribution in [3.8, 4) is 11.1 Å². The van der Waals surface area contributed by atoms with Gasteiger partial charge in [0, 0.05) is 17.2 Å². The summed E-state index contributed by atoms with van der Waals surface area (Å²) >= 11 is 0.944. The minimum absolute atomic E-state index is 0.0290. The van der Waals surface area contributed by atoms with E-state index in [0.717, 1.165) is 24.2 Å². The van der Waals surface area contributed by atoms with Crippen molar-refractivity contribution in [3.05, 3.63) is 40.9 Å². The second-order valence-corrected chi connectivity index (χ2v) is 12.3. The van der Waals surface area contributed by atoms with E-state index in [2.05, 4.69) is 25.8 Å². The third-order valence-corrected chi connectivity index (χ3v) is 8.85. The summed E-state index contributed by atoms with van der Waals surface area (Å²) < 4.78 is 41.7. The molecule has 2 N–H and O–H groups in total. The van der Waals surface area contributed by atoms with Gasteiger partial charge in [0.25, 0.3) is 0 Å². The van der Waals surface area contributed by atoms with Gasteiger partial charge in [-0.2, -0.15) is 10.2 Å². The van der Waals surface area contributed by atoms with Crippen LogP contribution in [0.1, 0.15) is 42.6 Å². The highest BCUT2D eigenvalue weighted by molar-refractivity contribution is 7.92. The van der Waals surface area contributed by atoms with Gasteiger partial charge in [-0.15, -0.1) is 11.3 Å². The first-order chi connectivity index (χ1) is 16.5. The molecule has 4 rings (SSSR count). The number of amides is 2. The fraction of sp³-hybridized carbons (Fsp3) is 0.435. The Morgan fingerprint density at radius 3 is 2.63 bits per heavy atom. The second-order valence-electron chi connectivity index (χ2n) is 9.10.